The highest BCUT2D eigenvalue weighted by Crippen LogP contribution is 2.15. The summed E-state index contributed by atoms with van der Waals surface area (Å²) in [5, 5.41) is 0. The maximum Gasteiger partial charge on any atom is 0.306 e. The molecular weight excluding hydrogens is 885 g/mol. The molecule has 0 aliphatic rings. The standard InChI is InChI=1S/C67H116O5/c1-4-7-10-13-16-19-22-25-28-31-33-35-38-41-44-47-50-53-56-59-62-70-63-65(72-67(69)61-58-55-52-49-46-43-40-36-30-27-24-21-18-15-12-9-6-3)64-71-66(68)60-57-54-51-48-45-42-39-37-34-32-29-26-23-20-17-14-11-8-5-2/h7,10,16,18-19,21,25-30,33,35,41,44,65H,4-6,8-9,11-15,17,20,22-24,31-32,34,36-40,42-43,45-64H2,1-3H3/b10-7-,19-16-,21-18-,28-25-,29-26-,30-27-,35-33-,44-41-. The quantitative estimate of drug-likeness (QED) is 0.0345. The number of hydrogen-bond acceptors (Lipinski definition) is 5. The van der Waals surface area contributed by atoms with Gasteiger partial charge in [0.1, 0.15) is 6.61 Å². The Labute approximate surface area is 447 Å². The summed E-state index contributed by atoms with van der Waals surface area (Å²) >= 11 is 0. The number of allylic oxidation sites excluding steroid dienone is 16. The van der Waals surface area contributed by atoms with Crippen LogP contribution < -0.4 is 0 Å². The van der Waals surface area contributed by atoms with Gasteiger partial charge in [0.15, 0.2) is 6.10 Å². The van der Waals surface area contributed by atoms with Gasteiger partial charge >= 0.3 is 11.9 Å². The number of ether oxygens (including phenoxy) is 3. The molecule has 0 rings (SSSR count). The summed E-state index contributed by atoms with van der Waals surface area (Å²) in [5.41, 5.74) is 0. The third-order valence-electron chi connectivity index (χ3n) is 13.1. The second kappa shape index (κ2) is 62.1. The van der Waals surface area contributed by atoms with E-state index >= 15 is 0 Å². The monoisotopic (exact) mass is 1000 g/mol. The fourth-order valence-electron chi connectivity index (χ4n) is 8.50. The molecular formula is C67H116O5. The SMILES string of the molecule is CC/C=C\C/C=C\C/C=C\C/C=C\C/C=C\CCCCCCOCC(COC(=O)CCCCCCCCCCC/C=C\CCCCCCCC)OC(=O)CCCCCCCCC/C=C\C/C=C\CCCCC. The van der Waals surface area contributed by atoms with Crippen molar-refractivity contribution < 1.29 is 23.8 Å². The summed E-state index contributed by atoms with van der Waals surface area (Å²) in [6, 6.07) is 0. The van der Waals surface area contributed by atoms with Crippen LogP contribution in [-0.4, -0.2) is 37.9 Å². The molecule has 0 saturated heterocycles. The zero-order valence-corrected chi connectivity index (χ0v) is 47.7. The molecule has 1 atom stereocenters. The Balaban J connectivity index is 4.35. The van der Waals surface area contributed by atoms with Gasteiger partial charge in [0.2, 0.25) is 0 Å². The number of unbranched alkanes of at least 4 members (excludes halogenated alkanes) is 29. The average Bonchev–Trinajstić information content (AvgIpc) is 3.38. The van der Waals surface area contributed by atoms with E-state index in [-0.39, 0.29) is 25.2 Å². The third kappa shape index (κ3) is 59.4. The van der Waals surface area contributed by atoms with E-state index in [0.29, 0.717) is 19.4 Å². The van der Waals surface area contributed by atoms with Gasteiger partial charge in [-0.25, -0.2) is 0 Å². The van der Waals surface area contributed by atoms with Gasteiger partial charge in [0.25, 0.3) is 0 Å². The Morgan fingerprint density at radius 2 is 0.625 bits per heavy atom. The zero-order chi connectivity index (χ0) is 52.0. The zero-order valence-electron chi connectivity index (χ0n) is 47.7. The fourth-order valence-corrected chi connectivity index (χ4v) is 8.50. The van der Waals surface area contributed by atoms with Gasteiger partial charge in [-0.1, -0.05) is 253 Å². The lowest BCUT2D eigenvalue weighted by Gasteiger charge is -2.18. The highest BCUT2D eigenvalue weighted by atomic mass is 16.6. The lowest BCUT2D eigenvalue weighted by molar-refractivity contribution is -0.163. The van der Waals surface area contributed by atoms with Crippen molar-refractivity contribution in [1.82, 2.24) is 0 Å². The number of rotatable bonds is 56. The lowest BCUT2D eigenvalue weighted by atomic mass is 10.1. The molecule has 0 heterocycles. The summed E-state index contributed by atoms with van der Waals surface area (Å²) in [6.07, 6.45) is 84.3. The van der Waals surface area contributed by atoms with Crippen LogP contribution in [0.4, 0.5) is 0 Å². The Morgan fingerprint density at radius 1 is 0.319 bits per heavy atom. The molecule has 0 aliphatic heterocycles. The van der Waals surface area contributed by atoms with Crippen molar-refractivity contribution in [3.8, 4) is 0 Å². The lowest BCUT2D eigenvalue weighted by Crippen LogP contribution is -2.30. The van der Waals surface area contributed by atoms with Crippen molar-refractivity contribution >= 4 is 11.9 Å². The van der Waals surface area contributed by atoms with E-state index in [0.717, 1.165) is 89.9 Å². The summed E-state index contributed by atoms with van der Waals surface area (Å²) in [7, 11) is 0. The number of hydrogen-bond donors (Lipinski definition) is 0. The van der Waals surface area contributed by atoms with Crippen LogP contribution >= 0.6 is 0 Å². The molecule has 0 aromatic rings. The van der Waals surface area contributed by atoms with E-state index < -0.39 is 6.10 Å². The van der Waals surface area contributed by atoms with Crippen LogP contribution in [0.5, 0.6) is 0 Å². The van der Waals surface area contributed by atoms with Crippen LogP contribution in [0, 0.1) is 0 Å². The van der Waals surface area contributed by atoms with Crippen molar-refractivity contribution in [3.05, 3.63) is 97.2 Å². The molecule has 0 saturated carbocycles. The van der Waals surface area contributed by atoms with Crippen molar-refractivity contribution in [1.29, 1.82) is 0 Å². The van der Waals surface area contributed by atoms with Crippen LogP contribution in [0.1, 0.15) is 290 Å². The summed E-state index contributed by atoms with van der Waals surface area (Å²) in [5.74, 6) is -0.418. The van der Waals surface area contributed by atoms with Crippen molar-refractivity contribution in [2.75, 3.05) is 19.8 Å². The van der Waals surface area contributed by atoms with E-state index in [1.165, 1.54) is 167 Å². The van der Waals surface area contributed by atoms with Crippen molar-refractivity contribution in [2.45, 2.75) is 297 Å². The Kier molecular flexibility index (Phi) is 59.4. The topological polar surface area (TPSA) is 61.8 Å². The largest absolute Gasteiger partial charge is 0.462 e. The molecule has 0 aliphatic carbocycles. The first-order valence-electron chi connectivity index (χ1n) is 30.8. The fraction of sp³-hybridized carbons (Fsp3) is 0.731. The van der Waals surface area contributed by atoms with E-state index in [1.54, 1.807) is 0 Å². The van der Waals surface area contributed by atoms with Crippen LogP contribution in [0.15, 0.2) is 97.2 Å². The molecule has 0 aromatic carbocycles. The average molecular weight is 1000 g/mol. The molecule has 72 heavy (non-hydrogen) atoms. The van der Waals surface area contributed by atoms with Crippen molar-refractivity contribution in [3.63, 3.8) is 0 Å². The molecule has 414 valence electrons. The van der Waals surface area contributed by atoms with Crippen LogP contribution in [0.25, 0.3) is 0 Å². The molecule has 5 nitrogen and oxygen atoms in total. The minimum absolute atomic E-state index is 0.0671. The highest BCUT2D eigenvalue weighted by molar-refractivity contribution is 5.70. The van der Waals surface area contributed by atoms with Gasteiger partial charge in [-0.05, 0) is 122 Å². The van der Waals surface area contributed by atoms with Crippen LogP contribution in [-0.2, 0) is 23.8 Å². The molecule has 0 amide bonds. The minimum atomic E-state index is -0.561. The summed E-state index contributed by atoms with van der Waals surface area (Å²) in [6.45, 7) is 7.65. The predicted octanol–water partition coefficient (Wildman–Crippen LogP) is 21.4. The third-order valence-corrected chi connectivity index (χ3v) is 13.1. The molecule has 0 fully saturated rings. The first-order valence-corrected chi connectivity index (χ1v) is 30.8. The van der Waals surface area contributed by atoms with Gasteiger partial charge in [0.05, 0.1) is 6.61 Å². The van der Waals surface area contributed by atoms with Crippen molar-refractivity contribution in [2.24, 2.45) is 0 Å². The van der Waals surface area contributed by atoms with E-state index in [2.05, 4.69) is 118 Å². The number of carbonyl (C=O) groups is 2. The van der Waals surface area contributed by atoms with Gasteiger partial charge in [-0.2, -0.15) is 0 Å². The predicted molar refractivity (Wildman–Crippen MR) is 316 cm³/mol. The van der Waals surface area contributed by atoms with Gasteiger partial charge in [0, 0.05) is 19.4 Å². The minimum Gasteiger partial charge on any atom is -0.462 e. The number of esters is 2. The van der Waals surface area contributed by atoms with E-state index in [4.69, 9.17) is 14.2 Å². The molecule has 0 aromatic heterocycles. The summed E-state index contributed by atoms with van der Waals surface area (Å²) < 4.78 is 17.5. The molecule has 0 spiro atoms. The van der Waals surface area contributed by atoms with Crippen LogP contribution in [0.3, 0.4) is 0 Å². The van der Waals surface area contributed by atoms with Gasteiger partial charge in [-0.15, -0.1) is 0 Å². The molecule has 0 radical (unpaired) electrons. The van der Waals surface area contributed by atoms with E-state index in [9.17, 15) is 9.59 Å². The number of carbonyl (C=O) groups excluding carboxylic acids is 2. The molecule has 0 N–H and O–H groups in total. The Morgan fingerprint density at radius 3 is 1.04 bits per heavy atom. The maximum absolute atomic E-state index is 12.9. The van der Waals surface area contributed by atoms with Gasteiger partial charge in [-0.3, -0.25) is 9.59 Å². The highest BCUT2D eigenvalue weighted by Gasteiger charge is 2.17. The normalized spacial score (nSPS) is 12.9. The first kappa shape index (κ1) is 68.8. The second-order valence-electron chi connectivity index (χ2n) is 20.2. The van der Waals surface area contributed by atoms with Gasteiger partial charge < -0.3 is 14.2 Å². The second-order valence-corrected chi connectivity index (χ2v) is 20.2. The van der Waals surface area contributed by atoms with Crippen LogP contribution in [0.2, 0.25) is 0 Å². The summed E-state index contributed by atoms with van der Waals surface area (Å²) in [4.78, 5) is 25.6. The molecule has 0 bridgehead atoms. The smallest absolute Gasteiger partial charge is 0.306 e. The Bertz CT molecular complexity index is 1360. The first-order chi connectivity index (χ1) is 35.6. The molecule has 5 heteroatoms. The Hall–Kier alpha value is -3.18. The molecule has 1 unspecified atom stereocenters. The van der Waals surface area contributed by atoms with E-state index in [1.807, 2.05) is 0 Å². The maximum atomic E-state index is 12.9.